The van der Waals surface area contributed by atoms with E-state index in [9.17, 15) is 5.11 Å². The number of nitrogens with two attached hydrogens (primary N) is 1. The molecule has 100 valence electrons. The maximum Gasteiger partial charge on any atom is 0.0552 e. The molecule has 0 radical (unpaired) electrons. The molecule has 1 aliphatic rings. The van der Waals surface area contributed by atoms with Crippen molar-refractivity contribution in [2.75, 3.05) is 13.1 Å². The molecule has 0 saturated carbocycles. The zero-order valence-corrected chi connectivity index (χ0v) is 11.5. The highest BCUT2D eigenvalue weighted by Gasteiger charge is 2.26. The number of hydrogen-bond acceptors (Lipinski definition) is 3. The van der Waals surface area contributed by atoms with Crippen molar-refractivity contribution in [3.05, 3.63) is 34.3 Å². The highest BCUT2D eigenvalue weighted by molar-refractivity contribution is 6.31. The summed E-state index contributed by atoms with van der Waals surface area (Å²) in [6.07, 6.45) is 0.848. The Kier molecular flexibility index (Phi) is 4.62. The molecule has 1 saturated heterocycles. The van der Waals surface area contributed by atoms with Gasteiger partial charge in [0.2, 0.25) is 0 Å². The van der Waals surface area contributed by atoms with Gasteiger partial charge in [-0.15, -0.1) is 0 Å². The Morgan fingerprint density at radius 3 is 2.89 bits per heavy atom. The van der Waals surface area contributed by atoms with E-state index in [2.05, 4.69) is 11.0 Å². The molecule has 18 heavy (non-hydrogen) atoms. The van der Waals surface area contributed by atoms with Gasteiger partial charge >= 0.3 is 0 Å². The molecule has 1 aliphatic heterocycles. The zero-order chi connectivity index (χ0) is 13.1. The number of nitrogens with zero attached hydrogens (tertiary/aromatic N) is 1. The number of halogens is 1. The third-order valence-corrected chi connectivity index (χ3v) is 4.09. The molecule has 1 aromatic carbocycles. The zero-order valence-electron chi connectivity index (χ0n) is 10.8. The Balaban J connectivity index is 1.98. The number of rotatable bonds is 4. The lowest BCUT2D eigenvalue weighted by molar-refractivity contribution is 0.127. The van der Waals surface area contributed by atoms with Gasteiger partial charge in [0.25, 0.3) is 0 Å². The highest BCUT2D eigenvalue weighted by atomic mass is 35.5. The van der Waals surface area contributed by atoms with Crippen molar-refractivity contribution in [2.24, 2.45) is 11.7 Å². The Morgan fingerprint density at radius 2 is 2.33 bits per heavy atom. The molecule has 4 heteroatoms. The normalized spacial score (nSPS) is 22.3. The minimum atomic E-state index is -0.218. The van der Waals surface area contributed by atoms with E-state index in [1.54, 1.807) is 0 Å². The number of benzene rings is 1. The van der Waals surface area contributed by atoms with Gasteiger partial charge in [0, 0.05) is 24.7 Å². The van der Waals surface area contributed by atoms with E-state index in [0.29, 0.717) is 12.5 Å². The van der Waals surface area contributed by atoms with Gasteiger partial charge in [0.15, 0.2) is 0 Å². The van der Waals surface area contributed by atoms with E-state index in [1.165, 1.54) is 0 Å². The summed E-state index contributed by atoms with van der Waals surface area (Å²) < 4.78 is 0. The average molecular weight is 269 g/mol. The van der Waals surface area contributed by atoms with Gasteiger partial charge in [-0.2, -0.15) is 0 Å². The van der Waals surface area contributed by atoms with Crippen molar-refractivity contribution in [3.63, 3.8) is 0 Å². The molecule has 1 aromatic rings. The fourth-order valence-corrected chi connectivity index (χ4v) is 2.75. The van der Waals surface area contributed by atoms with Crippen LogP contribution in [-0.2, 0) is 13.1 Å². The standard InChI is InChI=1S/C14H21ClN2O/c1-10(18)12-4-5-17(8-12)9-13-3-2-11(7-16)6-14(13)15/h2-3,6,10,12,18H,4-5,7-9,16H2,1H3. The van der Waals surface area contributed by atoms with Crippen molar-refractivity contribution in [1.82, 2.24) is 4.90 Å². The second-order valence-electron chi connectivity index (χ2n) is 5.15. The van der Waals surface area contributed by atoms with E-state index in [4.69, 9.17) is 17.3 Å². The first-order valence-electron chi connectivity index (χ1n) is 6.48. The Morgan fingerprint density at radius 1 is 1.56 bits per heavy atom. The Bertz CT molecular complexity index is 409. The van der Waals surface area contributed by atoms with Crippen LogP contribution in [0.5, 0.6) is 0 Å². The van der Waals surface area contributed by atoms with Crippen molar-refractivity contribution in [3.8, 4) is 0 Å². The van der Waals surface area contributed by atoms with E-state index in [1.807, 2.05) is 19.1 Å². The van der Waals surface area contributed by atoms with Gasteiger partial charge in [0.1, 0.15) is 0 Å². The molecule has 3 N–H and O–H groups in total. The Hall–Kier alpha value is -0.610. The second-order valence-corrected chi connectivity index (χ2v) is 5.56. The largest absolute Gasteiger partial charge is 0.393 e. The molecular formula is C14H21ClN2O. The fraction of sp³-hybridized carbons (Fsp3) is 0.571. The molecule has 0 spiro atoms. The maximum atomic E-state index is 9.59. The van der Waals surface area contributed by atoms with Gasteiger partial charge in [-0.1, -0.05) is 23.7 Å². The maximum absolute atomic E-state index is 9.59. The van der Waals surface area contributed by atoms with Crippen LogP contribution in [0.1, 0.15) is 24.5 Å². The number of aliphatic hydroxyl groups is 1. The second kappa shape index (κ2) is 6.02. The van der Waals surface area contributed by atoms with E-state index < -0.39 is 0 Å². The van der Waals surface area contributed by atoms with Crippen LogP contribution in [-0.4, -0.2) is 29.2 Å². The molecule has 2 rings (SSSR count). The number of likely N-dealkylation sites (tertiary alicyclic amines) is 1. The third-order valence-electron chi connectivity index (χ3n) is 3.74. The number of hydrogen-bond donors (Lipinski definition) is 2. The molecule has 0 bridgehead atoms. The predicted octanol–water partition coefficient (Wildman–Crippen LogP) is 2.00. The van der Waals surface area contributed by atoms with Crippen molar-refractivity contribution in [1.29, 1.82) is 0 Å². The van der Waals surface area contributed by atoms with Crippen molar-refractivity contribution in [2.45, 2.75) is 32.5 Å². The summed E-state index contributed by atoms with van der Waals surface area (Å²) >= 11 is 6.25. The molecule has 2 atom stereocenters. The molecule has 0 aliphatic carbocycles. The van der Waals surface area contributed by atoms with Crippen LogP contribution in [0.25, 0.3) is 0 Å². The SMILES string of the molecule is CC(O)C1CCN(Cc2ccc(CN)cc2Cl)C1. The summed E-state index contributed by atoms with van der Waals surface area (Å²) in [5.74, 6) is 0.395. The van der Waals surface area contributed by atoms with Gasteiger partial charge < -0.3 is 10.8 Å². The lowest BCUT2D eigenvalue weighted by atomic mass is 10.0. The smallest absolute Gasteiger partial charge is 0.0552 e. The molecule has 1 fully saturated rings. The minimum absolute atomic E-state index is 0.218. The van der Waals surface area contributed by atoms with Gasteiger partial charge in [0.05, 0.1) is 6.10 Å². The summed E-state index contributed by atoms with van der Waals surface area (Å²) in [6, 6.07) is 6.03. The first-order valence-corrected chi connectivity index (χ1v) is 6.85. The molecule has 0 aromatic heterocycles. The number of aliphatic hydroxyl groups excluding tert-OH is 1. The molecule has 2 unspecified atom stereocenters. The van der Waals surface area contributed by atoms with Crippen molar-refractivity contribution < 1.29 is 5.11 Å². The molecule has 0 amide bonds. The van der Waals surface area contributed by atoms with Gasteiger partial charge in [-0.05, 0) is 43.0 Å². The molecular weight excluding hydrogens is 248 g/mol. The van der Waals surface area contributed by atoms with E-state index >= 15 is 0 Å². The van der Waals surface area contributed by atoms with E-state index in [0.717, 1.165) is 42.2 Å². The van der Waals surface area contributed by atoms with Crippen LogP contribution in [0.4, 0.5) is 0 Å². The van der Waals surface area contributed by atoms with Crippen LogP contribution in [0.15, 0.2) is 18.2 Å². The van der Waals surface area contributed by atoms with Crippen LogP contribution < -0.4 is 5.73 Å². The Labute approximate surface area is 114 Å². The minimum Gasteiger partial charge on any atom is -0.393 e. The summed E-state index contributed by atoms with van der Waals surface area (Å²) in [5.41, 5.74) is 7.79. The van der Waals surface area contributed by atoms with Crippen LogP contribution in [0.3, 0.4) is 0 Å². The topological polar surface area (TPSA) is 49.5 Å². The predicted molar refractivity (Wildman–Crippen MR) is 74.4 cm³/mol. The summed E-state index contributed by atoms with van der Waals surface area (Å²) in [7, 11) is 0. The summed E-state index contributed by atoms with van der Waals surface area (Å²) in [4.78, 5) is 2.35. The molecule has 3 nitrogen and oxygen atoms in total. The fourth-order valence-electron chi connectivity index (χ4n) is 2.49. The van der Waals surface area contributed by atoms with Gasteiger partial charge in [-0.3, -0.25) is 4.90 Å². The lowest BCUT2D eigenvalue weighted by Crippen LogP contribution is -2.24. The first-order chi connectivity index (χ1) is 8.60. The summed E-state index contributed by atoms with van der Waals surface area (Å²) in [5, 5.41) is 10.4. The first kappa shape index (κ1) is 13.8. The van der Waals surface area contributed by atoms with Gasteiger partial charge in [-0.25, -0.2) is 0 Å². The van der Waals surface area contributed by atoms with Crippen LogP contribution in [0.2, 0.25) is 5.02 Å². The van der Waals surface area contributed by atoms with Crippen molar-refractivity contribution >= 4 is 11.6 Å². The highest BCUT2D eigenvalue weighted by Crippen LogP contribution is 2.24. The van der Waals surface area contributed by atoms with Crippen LogP contribution >= 0.6 is 11.6 Å². The third kappa shape index (κ3) is 3.23. The average Bonchev–Trinajstić information content (AvgIpc) is 2.80. The van der Waals surface area contributed by atoms with E-state index in [-0.39, 0.29) is 6.10 Å². The van der Waals surface area contributed by atoms with Crippen LogP contribution in [0, 0.1) is 5.92 Å². The lowest BCUT2D eigenvalue weighted by Gasteiger charge is -2.18. The molecule has 1 heterocycles. The monoisotopic (exact) mass is 268 g/mol. The summed E-state index contributed by atoms with van der Waals surface area (Å²) in [6.45, 7) is 5.23. The quantitative estimate of drug-likeness (QED) is 0.878.